The van der Waals surface area contributed by atoms with Crippen LogP contribution in [0.4, 0.5) is 5.69 Å². The number of anilines is 1. The maximum absolute atomic E-state index is 12.1. The molecule has 0 fully saturated rings. The first-order valence-corrected chi connectivity index (χ1v) is 6.70. The third-order valence-corrected chi connectivity index (χ3v) is 3.13. The SMILES string of the molecule is CC(C)n1ncc(NC2=CN(C)C=CC=C2)c(Cl)c1=O. The van der Waals surface area contributed by atoms with Crippen LogP contribution in [0.25, 0.3) is 0 Å². The number of nitrogens with one attached hydrogen (secondary N) is 1. The van der Waals surface area contributed by atoms with Gasteiger partial charge in [0.15, 0.2) is 0 Å². The lowest BCUT2D eigenvalue weighted by atomic mass is 10.3. The molecule has 1 N–H and O–H groups in total. The summed E-state index contributed by atoms with van der Waals surface area (Å²) >= 11 is 6.12. The molecule has 0 unspecified atom stereocenters. The Labute approximate surface area is 122 Å². The van der Waals surface area contributed by atoms with Gasteiger partial charge in [0.25, 0.3) is 5.56 Å². The molecule has 2 heterocycles. The van der Waals surface area contributed by atoms with Gasteiger partial charge >= 0.3 is 0 Å². The molecule has 0 spiro atoms. The quantitative estimate of drug-likeness (QED) is 0.931. The standard InChI is InChI=1S/C14H17ClN4O/c1-10(2)19-14(20)13(15)12(8-16-19)17-11-6-4-5-7-18(3)9-11/h4-10,17H,1-3H3. The zero-order valence-electron chi connectivity index (χ0n) is 11.7. The second-order valence-electron chi connectivity index (χ2n) is 4.79. The molecule has 2 rings (SSSR count). The minimum Gasteiger partial charge on any atom is -0.355 e. The molecule has 20 heavy (non-hydrogen) atoms. The summed E-state index contributed by atoms with van der Waals surface area (Å²) in [6, 6.07) is -0.0265. The Morgan fingerprint density at radius 3 is 2.80 bits per heavy atom. The van der Waals surface area contributed by atoms with Crippen LogP contribution in [0.3, 0.4) is 0 Å². The van der Waals surface area contributed by atoms with Crippen LogP contribution in [0, 0.1) is 0 Å². The molecule has 5 nitrogen and oxygen atoms in total. The van der Waals surface area contributed by atoms with Crippen molar-refractivity contribution < 1.29 is 0 Å². The fourth-order valence-corrected chi connectivity index (χ4v) is 1.96. The Morgan fingerprint density at radius 1 is 1.35 bits per heavy atom. The second kappa shape index (κ2) is 5.96. The van der Waals surface area contributed by atoms with E-state index in [4.69, 9.17) is 11.6 Å². The first-order valence-electron chi connectivity index (χ1n) is 6.32. The van der Waals surface area contributed by atoms with Crippen LogP contribution in [-0.4, -0.2) is 21.7 Å². The topological polar surface area (TPSA) is 50.2 Å². The van der Waals surface area contributed by atoms with Crippen molar-refractivity contribution in [2.45, 2.75) is 19.9 Å². The van der Waals surface area contributed by atoms with Crippen molar-refractivity contribution in [1.82, 2.24) is 14.7 Å². The number of rotatable bonds is 3. The zero-order chi connectivity index (χ0) is 14.7. The highest BCUT2D eigenvalue weighted by atomic mass is 35.5. The summed E-state index contributed by atoms with van der Waals surface area (Å²) in [4.78, 5) is 14.0. The molecule has 1 aromatic heterocycles. The van der Waals surface area contributed by atoms with Crippen molar-refractivity contribution in [1.29, 1.82) is 0 Å². The summed E-state index contributed by atoms with van der Waals surface area (Å²) < 4.78 is 1.36. The molecule has 0 saturated heterocycles. The van der Waals surface area contributed by atoms with Crippen LogP contribution in [-0.2, 0) is 0 Å². The molecule has 0 bridgehead atoms. The Hall–Kier alpha value is -2.01. The first kappa shape index (κ1) is 14.4. The average Bonchev–Trinajstić information content (AvgIpc) is 2.59. The summed E-state index contributed by atoms with van der Waals surface area (Å²) in [6.07, 6.45) is 11.1. The van der Waals surface area contributed by atoms with Gasteiger partial charge in [-0.3, -0.25) is 4.79 Å². The Morgan fingerprint density at radius 2 is 2.10 bits per heavy atom. The Balaban J connectivity index is 2.31. The van der Waals surface area contributed by atoms with E-state index < -0.39 is 0 Å². The molecule has 0 saturated carbocycles. The maximum atomic E-state index is 12.1. The van der Waals surface area contributed by atoms with Gasteiger partial charge in [-0.1, -0.05) is 17.7 Å². The first-order chi connectivity index (χ1) is 9.49. The highest BCUT2D eigenvalue weighted by Gasteiger charge is 2.11. The van der Waals surface area contributed by atoms with Crippen LogP contribution in [0.15, 0.2) is 47.3 Å². The predicted octanol–water partition coefficient (Wildman–Crippen LogP) is 2.75. The monoisotopic (exact) mass is 292 g/mol. The summed E-state index contributed by atoms with van der Waals surface area (Å²) in [7, 11) is 1.92. The summed E-state index contributed by atoms with van der Waals surface area (Å²) in [5, 5.41) is 7.38. The van der Waals surface area contributed by atoms with E-state index in [1.807, 2.05) is 56.4 Å². The molecule has 1 aliphatic rings. The molecule has 0 atom stereocenters. The average molecular weight is 293 g/mol. The van der Waals surface area contributed by atoms with E-state index in [1.54, 1.807) is 6.20 Å². The van der Waals surface area contributed by atoms with E-state index in [0.717, 1.165) is 5.70 Å². The summed E-state index contributed by atoms with van der Waals surface area (Å²) in [5.41, 5.74) is 1.03. The normalized spacial score (nSPS) is 14.4. The highest BCUT2D eigenvalue weighted by Crippen LogP contribution is 2.19. The van der Waals surface area contributed by atoms with Gasteiger partial charge in [0.2, 0.25) is 0 Å². The van der Waals surface area contributed by atoms with E-state index in [9.17, 15) is 4.79 Å². The minimum absolute atomic E-state index is 0.0265. The number of aromatic nitrogens is 2. The molecule has 1 aliphatic heterocycles. The third-order valence-electron chi connectivity index (χ3n) is 2.76. The van der Waals surface area contributed by atoms with Crippen LogP contribution in [0.5, 0.6) is 0 Å². The van der Waals surface area contributed by atoms with Crippen molar-refractivity contribution in [3.8, 4) is 0 Å². The van der Waals surface area contributed by atoms with E-state index in [2.05, 4.69) is 10.4 Å². The molecule has 6 heteroatoms. The Kier molecular flexibility index (Phi) is 4.29. The van der Waals surface area contributed by atoms with Crippen molar-refractivity contribution in [3.63, 3.8) is 0 Å². The Bertz CT molecular complexity index is 643. The van der Waals surface area contributed by atoms with Gasteiger partial charge in [-0.2, -0.15) is 5.10 Å². The van der Waals surface area contributed by atoms with Gasteiger partial charge in [-0.15, -0.1) is 0 Å². The number of hydrogen-bond donors (Lipinski definition) is 1. The van der Waals surface area contributed by atoms with Gasteiger partial charge in [-0.05, 0) is 26.0 Å². The number of hydrogen-bond acceptors (Lipinski definition) is 4. The molecular weight excluding hydrogens is 276 g/mol. The van der Waals surface area contributed by atoms with Gasteiger partial charge in [0.1, 0.15) is 5.02 Å². The maximum Gasteiger partial charge on any atom is 0.287 e. The molecule has 106 valence electrons. The molecule has 0 radical (unpaired) electrons. The van der Waals surface area contributed by atoms with Crippen LogP contribution in [0.2, 0.25) is 5.02 Å². The third kappa shape index (κ3) is 3.11. The van der Waals surface area contributed by atoms with E-state index in [1.165, 1.54) is 4.68 Å². The van der Waals surface area contributed by atoms with E-state index in [0.29, 0.717) is 5.69 Å². The van der Waals surface area contributed by atoms with Gasteiger partial charge in [-0.25, -0.2) is 4.68 Å². The smallest absolute Gasteiger partial charge is 0.287 e. The largest absolute Gasteiger partial charge is 0.355 e. The van der Waals surface area contributed by atoms with E-state index in [-0.39, 0.29) is 16.6 Å². The number of allylic oxidation sites excluding steroid dienone is 3. The van der Waals surface area contributed by atoms with Crippen molar-refractivity contribution in [2.24, 2.45) is 0 Å². The van der Waals surface area contributed by atoms with Gasteiger partial charge in [0, 0.05) is 19.4 Å². The van der Waals surface area contributed by atoms with Gasteiger partial charge in [0.05, 0.1) is 23.6 Å². The highest BCUT2D eigenvalue weighted by molar-refractivity contribution is 6.33. The van der Waals surface area contributed by atoms with Crippen molar-refractivity contribution in [3.05, 3.63) is 57.9 Å². The zero-order valence-corrected chi connectivity index (χ0v) is 12.4. The van der Waals surface area contributed by atoms with Crippen molar-refractivity contribution >= 4 is 17.3 Å². The molecule has 0 amide bonds. The van der Waals surface area contributed by atoms with Gasteiger partial charge < -0.3 is 10.2 Å². The lowest BCUT2D eigenvalue weighted by molar-refractivity contribution is 0.503. The summed E-state index contributed by atoms with van der Waals surface area (Å²) in [5.74, 6) is 0. The number of halogens is 1. The number of nitrogens with zero attached hydrogens (tertiary/aromatic N) is 3. The van der Waals surface area contributed by atoms with Crippen LogP contribution in [0.1, 0.15) is 19.9 Å². The minimum atomic E-state index is -0.295. The van der Waals surface area contributed by atoms with Crippen LogP contribution < -0.4 is 10.9 Å². The molecular formula is C14H17ClN4O. The van der Waals surface area contributed by atoms with Crippen LogP contribution >= 0.6 is 11.6 Å². The second-order valence-corrected chi connectivity index (χ2v) is 5.17. The molecule has 0 aliphatic carbocycles. The lowest BCUT2D eigenvalue weighted by Gasteiger charge is -2.14. The fraction of sp³-hybridized carbons (Fsp3) is 0.286. The fourth-order valence-electron chi connectivity index (χ4n) is 1.78. The molecule has 1 aromatic rings. The predicted molar refractivity (Wildman–Crippen MR) is 81.6 cm³/mol. The van der Waals surface area contributed by atoms with E-state index >= 15 is 0 Å². The lowest BCUT2D eigenvalue weighted by Crippen LogP contribution is -2.25. The molecule has 0 aromatic carbocycles. The summed E-state index contributed by atoms with van der Waals surface area (Å²) in [6.45, 7) is 3.77. The van der Waals surface area contributed by atoms with Crippen molar-refractivity contribution in [2.75, 3.05) is 12.4 Å².